The van der Waals surface area contributed by atoms with E-state index in [2.05, 4.69) is 15.0 Å². The van der Waals surface area contributed by atoms with E-state index in [1.54, 1.807) is 44.7 Å². The molecule has 7 nitrogen and oxygen atoms in total. The summed E-state index contributed by atoms with van der Waals surface area (Å²) in [4.78, 5) is 4.14. The highest BCUT2D eigenvalue weighted by Gasteiger charge is 2.10. The maximum atomic E-state index is 11.9. The fourth-order valence-corrected chi connectivity index (χ4v) is 3.36. The second-order valence-electron chi connectivity index (χ2n) is 5.40. The fraction of sp³-hybridized carbons (Fsp3) is 0.353. The van der Waals surface area contributed by atoms with E-state index in [0.717, 1.165) is 17.8 Å². The standard InChI is InChI=1S/C17H23N3O4S/c1-4-5-10-25(21,22)20-17-9-7-14(12-18-17)19-13-6-8-15(23-2)16(11-13)24-3/h6-9,11-12,19H,4-5,10H2,1-3H3,(H,18,20). The Morgan fingerprint density at radius 1 is 1.04 bits per heavy atom. The number of hydrogen-bond donors (Lipinski definition) is 2. The number of sulfonamides is 1. The number of methoxy groups -OCH3 is 2. The number of anilines is 3. The number of ether oxygens (including phenoxy) is 2. The van der Waals surface area contributed by atoms with Crippen LogP contribution in [0.25, 0.3) is 0 Å². The molecule has 0 aliphatic heterocycles. The highest BCUT2D eigenvalue weighted by atomic mass is 32.2. The summed E-state index contributed by atoms with van der Waals surface area (Å²) in [5, 5.41) is 3.18. The molecule has 2 rings (SSSR count). The molecule has 0 aliphatic carbocycles. The number of hydrogen-bond acceptors (Lipinski definition) is 6. The average molecular weight is 365 g/mol. The van der Waals surface area contributed by atoms with Gasteiger partial charge in [-0.25, -0.2) is 13.4 Å². The predicted octanol–water partition coefficient (Wildman–Crippen LogP) is 3.38. The number of unbranched alkanes of at least 4 members (excludes halogenated alkanes) is 1. The largest absolute Gasteiger partial charge is 0.493 e. The molecule has 2 N–H and O–H groups in total. The van der Waals surface area contributed by atoms with Gasteiger partial charge in [0, 0.05) is 11.8 Å². The summed E-state index contributed by atoms with van der Waals surface area (Å²) in [6.45, 7) is 1.95. The summed E-state index contributed by atoms with van der Waals surface area (Å²) in [7, 11) is -0.198. The van der Waals surface area contributed by atoms with Crippen LogP contribution in [0.3, 0.4) is 0 Å². The lowest BCUT2D eigenvalue weighted by molar-refractivity contribution is 0.355. The van der Waals surface area contributed by atoms with Gasteiger partial charge in [-0.3, -0.25) is 4.72 Å². The van der Waals surface area contributed by atoms with Gasteiger partial charge in [-0.2, -0.15) is 0 Å². The molecule has 1 aromatic carbocycles. The van der Waals surface area contributed by atoms with Crippen LogP contribution in [0.5, 0.6) is 11.5 Å². The van der Waals surface area contributed by atoms with Crippen LogP contribution in [0.2, 0.25) is 0 Å². The van der Waals surface area contributed by atoms with Crippen LogP contribution in [0.4, 0.5) is 17.2 Å². The SMILES string of the molecule is CCCCS(=O)(=O)Nc1ccc(Nc2ccc(OC)c(OC)c2)cn1. The van der Waals surface area contributed by atoms with Crippen molar-refractivity contribution in [1.29, 1.82) is 0 Å². The Kier molecular flexibility index (Phi) is 6.46. The molecule has 136 valence electrons. The Bertz CT molecular complexity index is 792. The first kappa shape index (κ1) is 18.9. The van der Waals surface area contributed by atoms with Gasteiger partial charge >= 0.3 is 0 Å². The van der Waals surface area contributed by atoms with Crippen molar-refractivity contribution in [2.45, 2.75) is 19.8 Å². The third-order valence-electron chi connectivity index (χ3n) is 3.46. The van der Waals surface area contributed by atoms with Gasteiger partial charge in [-0.05, 0) is 30.7 Å². The molecule has 0 saturated heterocycles. The maximum Gasteiger partial charge on any atom is 0.233 e. The van der Waals surface area contributed by atoms with Gasteiger partial charge in [0.15, 0.2) is 11.5 Å². The lowest BCUT2D eigenvalue weighted by Gasteiger charge is -2.12. The zero-order valence-electron chi connectivity index (χ0n) is 14.6. The number of nitrogens with zero attached hydrogens (tertiary/aromatic N) is 1. The highest BCUT2D eigenvalue weighted by molar-refractivity contribution is 7.92. The molecule has 0 spiro atoms. The van der Waals surface area contributed by atoms with E-state index in [0.29, 0.717) is 23.7 Å². The van der Waals surface area contributed by atoms with Crippen LogP contribution in [0.1, 0.15) is 19.8 Å². The van der Waals surface area contributed by atoms with E-state index >= 15 is 0 Å². The Hall–Kier alpha value is -2.48. The molecule has 25 heavy (non-hydrogen) atoms. The molecular formula is C17H23N3O4S. The molecule has 0 radical (unpaired) electrons. The molecule has 0 aliphatic rings. The van der Waals surface area contributed by atoms with E-state index in [-0.39, 0.29) is 5.75 Å². The highest BCUT2D eigenvalue weighted by Crippen LogP contribution is 2.31. The van der Waals surface area contributed by atoms with Crippen LogP contribution in [-0.4, -0.2) is 33.4 Å². The van der Waals surface area contributed by atoms with E-state index in [9.17, 15) is 8.42 Å². The van der Waals surface area contributed by atoms with Gasteiger partial charge in [-0.1, -0.05) is 13.3 Å². The molecule has 1 heterocycles. The van der Waals surface area contributed by atoms with Gasteiger partial charge in [-0.15, -0.1) is 0 Å². The third kappa shape index (κ3) is 5.53. The first-order valence-corrected chi connectivity index (χ1v) is 9.58. The van der Waals surface area contributed by atoms with E-state index < -0.39 is 10.0 Å². The minimum absolute atomic E-state index is 0.0941. The normalized spacial score (nSPS) is 11.0. The molecule has 8 heteroatoms. The molecule has 0 unspecified atom stereocenters. The average Bonchev–Trinajstić information content (AvgIpc) is 2.61. The Morgan fingerprint density at radius 2 is 1.76 bits per heavy atom. The number of nitrogens with one attached hydrogen (secondary N) is 2. The monoisotopic (exact) mass is 365 g/mol. The number of pyridine rings is 1. The van der Waals surface area contributed by atoms with Gasteiger partial charge in [0.25, 0.3) is 0 Å². The van der Waals surface area contributed by atoms with Crippen molar-refractivity contribution >= 4 is 27.2 Å². The van der Waals surface area contributed by atoms with Gasteiger partial charge < -0.3 is 14.8 Å². The minimum Gasteiger partial charge on any atom is -0.493 e. The number of aromatic nitrogens is 1. The molecule has 0 saturated carbocycles. The first-order valence-electron chi connectivity index (χ1n) is 7.93. The molecule has 0 bridgehead atoms. The Morgan fingerprint density at radius 3 is 2.36 bits per heavy atom. The first-order chi connectivity index (χ1) is 12.0. The summed E-state index contributed by atoms with van der Waals surface area (Å²) in [6, 6.07) is 8.82. The molecule has 0 amide bonds. The number of benzene rings is 1. The lowest BCUT2D eigenvalue weighted by Crippen LogP contribution is -2.17. The minimum atomic E-state index is -3.35. The third-order valence-corrected chi connectivity index (χ3v) is 4.81. The predicted molar refractivity (Wildman–Crippen MR) is 99.4 cm³/mol. The van der Waals surface area contributed by atoms with Crippen LogP contribution >= 0.6 is 0 Å². The lowest BCUT2D eigenvalue weighted by atomic mass is 10.2. The fourth-order valence-electron chi connectivity index (χ4n) is 2.15. The summed E-state index contributed by atoms with van der Waals surface area (Å²) in [6.07, 6.45) is 3.01. The summed E-state index contributed by atoms with van der Waals surface area (Å²) >= 11 is 0. The Balaban J connectivity index is 2.05. The van der Waals surface area contributed by atoms with Gasteiger partial charge in [0.2, 0.25) is 10.0 Å². The van der Waals surface area contributed by atoms with Crippen LogP contribution in [0.15, 0.2) is 36.5 Å². The molecule has 1 aromatic heterocycles. The maximum absolute atomic E-state index is 11.9. The van der Waals surface area contributed by atoms with E-state index in [1.165, 1.54) is 0 Å². The van der Waals surface area contributed by atoms with Crippen LogP contribution in [0, 0.1) is 0 Å². The van der Waals surface area contributed by atoms with Crippen molar-refractivity contribution in [2.75, 3.05) is 30.0 Å². The zero-order chi connectivity index (χ0) is 18.3. The van der Waals surface area contributed by atoms with Crippen molar-refractivity contribution in [3.05, 3.63) is 36.5 Å². The topological polar surface area (TPSA) is 89.6 Å². The van der Waals surface area contributed by atoms with Crippen molar-refractivity contribution in [3.8, 4) is 11.5 Å². The van der Waals surface area contributed by atoms with Crippen molar-refractivity contribution < 1.29 is 17.9 Å². The summed E-state index contributed by atoms with van der Waals surface area (Å²) in [5.74, 6) is 1.65. The second kappa shape index (κ2) is 8.57. The zero-order valence-corrected chi connectivity index (χ0v) is 15.4. The summed E-state index contributed by atoms with van der Waals surface area (Å²) in [5.41, 5.74) is 1.53. The molecule has 2 aromatic rings. The molecule has 0 atom stereocenters. The number of rotatable bonds is 9. The summed E-state index contributed by atoms with van der Waals surface area (Å²) < 4.78 is 36.7. The van der Waals surface area contributed by atoms with E-state index in [1.807, 2.05) is 13.0 Å². The van der Waals surface area contributed by atoms with Gasteiger partial charge in [0.05, 0.1) is 31.9 Å². The van der Waals surface area contributed by atoms with Gasteiger partial charge in [0.1, 0.15) is 5.82 Å². The Labute approximate surface area is 148 Å². The second-order valence-corrected chi connectivity index (χ2v) is 7.24. The van der Waals surface area contributed by atoms with Crippen molar-refractivity contribution in [3.63, 3.8) is 0 Å². The van der Waals surface area contributed by atoms with Crippen molar-refractivity contribution in [2.24, 2.45) is 0 Å². The van der Waals surface area contributed by atoms with Crippen LogP contribution in [-0.2, 0) is 10.0 Å². The molecular weight excluding hydrogens is 342 g/mol. The van der Waals surface area contributed by atoms with Crippen LogP contribution < -0.4 is 19.5 Å². The smallest absolute Gasteiger partial charge is 0.233 e. The van der Waals surface area contributed by atoms with E-state index in [4.69, 9.17) is 9.47 Å². The van der Waals surface area contributed by atoms with Crippen molar-refractivity contribution in [1.82, 2.24) is 4.98 Å². The molecule has 0 fully saturated rings. The quantitative estimate of drug-likeness (QED) is 0.708.